The molecule has 0 spiro atoms. The SMILES string of the molecule is CC#CCC(NC(=O)[C@H](COC)NC(=O)OCC1c2ccccc2-c2ccccc21)C(=O)O. The minimum absolute atomic E-state index is 0.0534. The summed E-state index contributed by atoms with van der Waals surface area (Å²) in [4.78, 5) is 36.4. The molecule has 2 amide bonds. The summed E-state index contributed by atoms with van der Waals surface area (Å²) in [7, 11) is 1.37. The van der Waals surface area contributed by atoms with E-state index in [2.05, 4.69) is 22.5 Å². The van der Waals surface area contributed by atoms with E-state index in [0.29, 0.717) is 0 Å². The number of fused-ring (bicyclic) bond motifs is 3. The number of amides is 2. The molecule has 2 atom stereocenters. The fourth-order valence-corrected chi connectivity index (χ4v) is 3.81. The summed E-state index contributed by atoms with van der Waals surface area (Å²) in [6.45, 7) is 1.51. The highest BCUT2D eigenvalue weighted by atomic mass is 16.5. The molecule has 0 aliphatic heterocycles. The molecular formula is C25H26N2O6. The lowest BCUT2D eigenvalue weighted by atomic mass is 9.98. The van der Waals surface area contributed by atoms with Gasteiger partial charge in [-0.2, -0.15) is 0 Å². The number of carbonyl (C=O) groups is 3. The first-order valence-electron chi connectivity index (χ1n) is 10.5. The molecule has 2 aromatic carbocycles. The maximum Gasteiger partial charge on any atom is 0.407 e. The number of rotatable bonds is 9. The zero-order chi connectivity index (χ0) is 23.8. The van der Waals surface area contributed by atoms with Crippen molar-refractivity contribution in [1.82, 2.24) is 10.6 Å². The molecule has 3 rings (SSSR count). The summed E-state index contributed by atoms with van der Waals surface area (Å²) in [5.74, 6) is 3.18. The first-order valence-corrected chi connectivity index (χ1v) is 10.5. The van der Waals surface area contributed by atoms with Crippen molar-refractivity contribution in [3.05, 3.63) is 59.7 Å². The summed E-state index contributed by atoms with van der Waals surface area (Å²) in [6, 6.07) is 13.6. The molecule has 1 aliphatic rings. The van der Waals surface area contributed by atoms with Gasteiger partial charge in [0.25, 0.3) is 0 Å². The summed E-state index contributed by atoms with van der Waals surface area (Å²) in [5, 5.41) is 14.1. The minimum atomic E-state index is -1.22. The first-order chi connectivity index (χ1) is 16.0. The Morgan fingerprint density at radius 2 is 1.61 bits per heavy atom. The molecule has 1 aliphatic carbocycles. The number of ether oxygens (including phenoxy) is 2. The van der Waals surface area contributed by atoms with E-state index in [1.807, 2.05) is 48.5 Å². The second kappa shape index (κ2) is 11.2. The van der Waals surface area contributed by atoms with E-state index in [1.54, 1.807) is 6.92 Å². The van der Waals surface area contributed by atoms with Gasteiger partial charge in [0.15, 0.2) is 0 Å². The third-order valence-electron chi connectivity index (χ3n) is 5.38. The largest absolute Gasteiger partial charge is 0.480 e. The number of hydrogen-bond acceptors (Lipinski definition) is 5. The number of hydrogen-bond donors (Lipinski definition) is 3. The minimum Gasteiger partial charge on any atom is -0.480 e. The van der Waals surface area contributed by atoms with Crippen LogP contribution in [0.4, 0.5) is 4.79 Å². The van der Waals surface area contributed by atoms with Gasteiger partial charge >= 0.3 is 12.1 Å². The standard InChI is InChI=1S/C25H26N2O6/c1-3-4-13-21(24(29)30)26-23(28)22(15-32-2)27-25(31)33-14-20-18-11-7-5-9-16(18)17-10-6-8-12-19(17)20/h5-12,20-22H,13-15H2,1-2H3,(H,26,28)(H,27,31)(H,29,30)/t21?,22-/m0/s1. The molecular weight excluding hydrogens is 424 g/mol. The van der Waals surface area contributed by atoms with Crippen LogP contribution in [0.2, 0.25) is 0 Å². The van der Waals surface area contributed by atoms with Crippen LogP contribution in [0.3, 0.4) is 0 Å². The lowest BCUT2D eigenvalue weighted by Gasteiger charge is -2.21. The van der Waals surface area contributed by atoms with Crippen LogP contribution in [0.5, 0.6) is 0 Å². The quantitative estimate of drug-likeness (QED) is 0.506. The van der Waals surface area contributed by atoms with Crippen LogP contribution in [0.25, 0.3) is 11.1 Å². The molecule has 172 valence electrons. The Balaban J connectivity index is 1.64. The monoisotopic (exact) mass is 450 g/mol. The van der Waals surface area contributed by atoms with E-state index in [9.17, 15) is 19.5 Å². The Kier molecular flexibility index (Phi) is 8.06. The van der Waals surface area contributed by atoms with Crippen molar-refractivity contribution >= 4 is 18.0 Å². The molecule has 0 saturated heterocycles. The van der Waals surface area contributed by atoms with E-state index in [4.69, 9.17) is 9.47 Å². The highest BCUT2D eigenvalue weighted by Gasteiger charge is 2.30. The van der Waals surface area contributed by atoms with E-state index >= 15 is 0 Å². The van der Waals surface area contributed by atoms with E-state index in [-0.39, 0.29) is 25.6 Å². The lowest BCUT2D eigenvalue weighted by molar-refractivity contribution is -0.142. The number of nitrogens with one attached hydrogen (secondary N) is 2. The molecule has 0 bridgehead atoms. The van der Waals surface area contributed by atoms with Crippen LogP contribution in [0, 0.1) is 11.8 Å². The number of aliphatic carboxylic acids is 1. The average Bonchev–Trinajstić information content (AvgIpc) is 3.13. The van der Waals surface area contributed by atoms with Crippen molar-refractivity contribution in [2.75, 3.05) is 20.3 Å². The number of carbonyl (C=O) groups excluding carboxylic acids is 2. The number of methoxy groups -OCH3 is 1. The van der Waals surface area contributed by atoms with Gasteiger partial charge in [0.1, 0.15) is 18.7 Å². The van der Waals surface area contributed by atoms with Gasteiger partial charge < -0.3 is 25.2 Å². The summed E-state index contributed by atoms with van der Waals surface area (Å²) in [5.41, 5.74) is 4.35. The Bertz CT molecular complexity index is 1040. The van der Waals surface area contributed by atoms with Gasteiger partial charge in [0, 0.05) is 19.4 Å². The maximum absolute atomic E-state index is 12.6. The van der Waals surface area contributed by atoms with Crippen molar-refractivity contribution in [3.63, 3.8) is 0 Å². The van der Waals surface area contributed by atoms with Gasteiger partial charge in [0.05, 0.1) is 6.61 Å². The van der Waals surface area contributed by atoms with Gasteiger partial charge in [0.2, 0.25) is 5.91 Å². The summed E-state index contributed by atoms with van der Waals surface area (Å²) >= 11 is 0. The van der Waals surface area contributed by atoms with Gasteiger partial charge in [-0.1, -0.05) is 48.5 Å². The van der Waals surface area contributed by atoms with Crippen molar-refractivity contribution in [2.24, 2.45) is 0 Å². The molecule has 8 nitrogen and oxygen atoms in total. The molecule has 0 saturated carbocycles. The van der Waals surface area contributed by atoms with E-state index in [0.717, 1.165) is 22.3 Å². The van der Waals surface area contributed by atoms with Crippen LogP contribution < -0.4 is 10.6 Å². The third-order valence-corrected chi connectivity index (χ3v) is 5.38. The molecule has 0 aromatic heterocycles. The number of carboxylic acids is 1. The molecule has 3 N–H and O–H groups in total. The highest BCUT2D eigenvalue weighted by molar-refractivity contribution is 5.89. The van der Waals surface area contributed by atoms with Gasteiger partial charge in [-0.3, -0.25) is 4.79 Å². The van der Waals surface area contributed by atoms with Gasteiger partial charge in [-0.25, -0.2) is 9.59 Å². The number of benzene rings is 2. The zero-order valence-corrected chi connectivity index (χ0v) is 18.5. The average molecular weight is 450 g/mol. The van der Waals surface area contributed by atoms with Gasteiger partial charge in [-0.05, 0) is 29.2 Å². The molecule has 0 radical (unpaired) electrons. The van der Waals surface area contributed by atoms with Crippen LogP contribution in [-0.4, -0.2) is 55.5 Å². The Labute approximate surface area is 192 Å². The third kappa shape index (κ3) is 5.70. The van der Waals surface area contributed by atoms with E-state index in [1.165, 1.54) is 7.11 Å². The van der Waals surface area contributed by atoms with Crippen LogP contribution in [0.1, 0.15) is 30.4 Å². The lowest BCUT2D eigenvalue weighted by Crippen LogP contribution is -2.53. The van der Waals surface area contributed by atoms with Crippen molar-refractivity contribution in [2.45, 2.75) is 31.3 Å². The summed E-state index contributed by atoms with van der Waals surface area (Å²) in [6.07, 6.45) is -0.850. The van der Waals surface area contributed by atoms with Crippen molar-refractivity contribution < 1.29 is 29.0 Å². The maximum atomic E-state index is 12.6. The smallest absolute Gasteiger partial charge is 0.407 e. The van der Waals surface area contributed by atoms with Gasteiger partial charge in [-0.15, -0.1) is 11.8 Å². The van der Waals surface area contributed by atoms with Crippen molar-refractivity contribution in [1.29, 1.82) is 0 Å². The molecule has 0 fully saturated rings. The fourth-order valence-electron chi connectivity index (χ4n) is 3.81. The first kappa shape index (κ1) is 23.8. The van der Waals surface area contributed by atoms with Crippen molar-refractivity contribution in [3.8, 4) is 23.0 Å². The predicted octanol–water partition coefficient (Wildman–Crippen LogP) is 2.52. The normalized spacial score (nSPS) is 13.5. The van der Waals surface area contributed by atoms with Crippen LogP contribution in [0.15, 0.2) is 48.5 Å². The number of carboxylic acid groups (broad SMARTS) is 1. The van der Waals surface area contributed by atoms with Crippen LogP contribution in [-0.2, 0) is 19.1 Å². The predicted molar refractivity (Wildman–Crippen MR) is 122 cm³/mol. The molecule has 8 heteroatoms. The second-order valence-corrected chi connectivity index (χ2v) is 7.51. The van der Waals surface area contributed by atoms with Crippen LogP contribution >= 0.6 is 0 Å². The zero-order valence-electron chi connectivity index (χ0n) is 18.5. The molecule has 33 heavy (non-hydrogen) atoms. The molecule has 0 heterocycles. The number of alkyl carbamates (subject to hydrolysis) is 1. The fraction of sp³-hybridized carbons (Fsp3) is 0.320. The highest BCUT2D eigenvalue weighted by Crippen LogP contribution is 2.44. The Hall–Kier alpha value is -3.83. The molecule has 1 unspecified atom stereocenters. The topological polar surface area (TPSA) is 114 Å². The molecule has 2 aromatic rings. The Morgan fingerprint density at radius 3 is 2.15 bits per heavy atom. The second-order valence-electron chi connectivity index (χ2n) is 7.51. The Morgan fingerprint density at radius 1 is 1.00 bits per heavy atom. The summed E-state index contributed by atoms with van der Waals surface area (Å²) < 4.78 is 10.5. The van der Waals surface area contributed by atoms with E-state index < -0.39 is 30.1 Å².